The smallest absolute Gasteiger partial charge is 0.305 e. The summed E-state index contributed by atoms with van der Waals surface area (Å²) in [6, 6.07) is 0. The van der Waals surface area contributed by atoms with Gasteiger partial charge in [-0.3, -0.25) is 9.59 Å². The van der Waals surface area contributed by atoms with Crippen molar-refractivity contribution < 1.29 is 14.7 Å². The fraction of sp³-hybridized carbons (Fsp3) is 0.444. The van der Waals surface area contributed by atoms with Gasteiger partial charge >= 0.3 is 5.97 Å². The lowest BCUT2D eigenvalue weighted by atomic mass is 10.3. The summed E-state index contributed by atoms with van der Waals surface area (Å²) in [6.07, 6.45) is 0.0903. The minimum absolute atomic E-state index is 0.0726. The van der Waals surface area contributed by atoms with Crippen LogP contribution in [0.4, 0.5) is 0 Å². The Morgan fingerprint density at radius 1 is 1.56 bits per heavy atom. The van der Waals surface area contributed by atoms with Gasteiger partial charge in [-0.2, -0.15) is 0 Å². The van der Waals surface area contributed by atoms with E-state index in [4.69, 9.17) is 10.8 Å². The summed E-state index contributed by atoms with van der Waals surface area (Å²) in [5.74, 6) is -1.16. The molecular weight excluding hydrogens is 230 g/mol. The van der Waals surface area contributed by atoms with Crippen molar-refractivity contribution in [3.63, 3.8) is 0 Å². The highest BCUT2D eigenvalue weighted by molar-refractivity contribution is 7.09. The van der Waals surface area contributed by atoms with E-state index >= 15 is 0 Å². The first-order valence-corrected chi connectivity index (χ1v) is 5.61. The van der Waals surface area contributed by atoms with Gasteiger partial charge in [0, 0.05) is 18.5 Å². The summed E-state index contributed by atoms with van der Waals surface area (Å²) in [7, 11) is 0. The van der Waals surface area contributed by atoms with Crippen LogP contribution in [0.3, 0.4) is 0 Å². The first kappa shape index (κ1) is 12.6. The van der Waals surface area contributed by atoms with Crippen LogP contribution >= 0.6 is 11.3 Å². The third-order valence-corrected chi connectivity index (χ3v) is 2.70. The van der Waals surface area contributed by atoms with Gasteiger partial charge in [0.05, 0.1) is 18.5 Å². The lowest BCUT2D eigenvalue weighted by molar-refractivity contribution is -0.136. The van der Waals surface area contributed by atoms with Gasteiger partial charge in [-0.15, -0.1) is 11.3 Å². The molecule has 1 aromatic heterocycles. The molecule has 16 heavy (non-hydrogen) atoms. The number of rotatable bonds is 6. The summed E-state index contributed by atoms with van der Waals surface area (Å²) < 4.78 is 0. The summed E-state index contributed by atoms with van der Waals surface area (Å²) in [5, 5.41) is 13.4. The number of nitrogens with one attached hydrogen (secondary N) is 1. The van der Waals surface area contributed by atoms with Crippen molar-refractivity contribution in [1.29, 1.82) is 0 Å². The molecule has 4 N–H and O–H groups in total. The van der Waals surface area contributed by atoms with Gasteiger partial charge in [0.15, 0.2) is 0 Å². The average molecular weight is 243 g/mol. The van der Waals surface area contributed by atoms with Crippen molar-refractivity contribution in [3.8, 4) is 0 Å². The Morgan fingerprint density at radius 3 is 2.88 bits per heavy atom. The van der Waals surface area contributed by atoms with Crippen LogP contribution < -0.4 is 11.1 Å². The quantitative estimate of drug-likeness (QED) is 0.638. The van der Waals surface area contributed by atoms with Gasteiger partial charge in [0.2, 0.25) is 5.91 Å². The SMILES string of the molecule is NCc1nc(CC(=O)NCCC(=O)O)cs1. The highest BCUT2D eigenvalue weighted by Crippen LogP contribution is 2.09. The number of nitrogens with zero attached hydrogens (tertiary/aromatic N) is 1. The van der Waals surface area contributed by atoms with Crippen molar-refractivity contribution >= 4 is 23.2 Å². The molecule has 0 aliphatic carbocycles. The van der Waals surface area contributed by atoms with Gasteiger partial charge in [-0.05, 0) is 0 Å². The monoisotopic (exact) mass is 243 g/mol. The van der Waals surface area contributed by atoms with Crippen LogP contribution in [0.15, 0.2) is 5.38 Å². The van der Waals surface area contributed by atoms with Gasteiger partial charge in [-0.1, -0.05) is 0 Å². The predicted octanol–water partition coefficient (Wildman–Crippen LogP) is -0.265. The normalized spacial score (nSPS) is 10.1. The minimum Gasteiger partial charge on any atom is -0.481 e. The highest BCUT2D eigenvalue weighted by atomic mass is 32.1. The first-order chi connectivity index (χ1) is 7.61. The summed E-state index contributed by atoms with van der Waals surface area (Å²) >= 11 is 1.41. The van der Waals surface area contributed by atoms with Crippen LogP contribution in [-0.4, -0.2) is 28.5 Å². The highest BCUT2D eigenvalue weighted by Gasteiger charge is 2.07. The Morgan fingerprint density at radius 2 is 2.31 bits per heavy atom. The molecule has 0 fully saturated rings. The van der Waals surface area contributed by atoms with E-state index < -0.39 is 5.97 Å². The molecule has 0 spiro atoms. The molecule has 0 saturated carbocycles. The largest absolute Gasteiger partial charge is 0.481 e. The Hall–Kier alpha value is -1.47. The molecule has 1 amide bonds. The molecule has 0 aliphatic rings. The Balaban J connectivity index is 2.31. The molecule has 0 unspecified atom stereocenters. The Kier molecular flexibility index (Phi) is 4.87. The number of nitrogens with two attached hydrogens (primary N) is 1. The molecule has 0 bridgehead atoms. The summed E-state index contributed by atoms with van der Waals surface area (Å²) in [6.45, 7) is 0.507. The van der Waals surface area contributed by atoms with Gasteiger partial charge < -0.3 is 16.2 Å². The van der Waals surface area contributed by atoms with E-state index in [1.165, 1.54) is 11.3 Å². The van der Waals surface area contributed by atoms with Gasteiger partial charge in [0.25, 0.3) is 0 Å². The first-order valence-electron chi connectivity index (χ1n) is 4.73. The molecule has 0 aromatic carbocycles. The molecule has 0 atom stereocenters. The fourth-order valence-corrected chi connectivity index (χ4v) is 1.73. The zero-order valence-electron chi connectivity index (χ0n) is 8.60. The van der Waals surface area contributed by atoms with Crippen molar-refractivity contribution in [2.75, 3.05) is 6.54 Å². The number of carboxylic acid groups (broad SMARTS) is 1. The number of hydrogen-bond acceptors (Lipinski definition) is 5. The van der Waals surface area contributed by atoms with Crippen LogP contribution in [0.1, 0.15) is 17.1 Å². The van der Waals surface area contributed by atoms with Crippen LogP contribution in [0.5, 0.6) is 0 Å². The number of aliphatic carboxylic acids is 1. The van der Waals surface area contributed by atoms with E-state index in [0.29, 0.717) is 12.2 Å². The Labute approximate surface area is 96.5 Å². The number of carbonyl (C=O) groups excluding carboxylic acids is 1. The lowest BCUT2D eigenvalue weighted by Crippen LogP contribution is -2.27. The fourth-order valence-electron chi connectivity index (χ4n) is 1.06. The number of carbonyl (C=O) groups is 2. The second kappa shape index (κ2) is 6.19. The molecular formula is C9H13N3O3S. The van der Waals surface area contributed by atoms with E-state index in [1.807, 2.05) is 0 Å². The standard InChI is InChI=1S/C9H13N3O3S/c10-4-8-12-6(5-16-8)3-7(13)11-2-1-9(14)15/h5H,1-4,10H2,(H,11,13)(H,14,15). The number of carboxylic acids is 1. The molecule has 0 saturated heterocycles. The van der Waals surface area contributed by atoms with Crippen LogP contribution in [0.2, 0.25) is 0 Å². The van der Waals surface area contributed by atoms with Crippen molar-refractivity contribution in [2.24, 2.45) is 5.73 Å². The molecule has 0 radical (unpaired) electrons. The van der Waals surface area contributed by atoms with Crippen LogP contribution in [0, 0.1) is 0 Å². The third-order valence-electron chi connectivity index (χ3n) is 1.78. The predicted molar refractivity (Wildman–Crippen MR) is 59.0 cm³/mol. The van der Waals surface area contributed by atoms with Gasteiger partial charge in [-0.25, -0.2) is 4.98 Å². The number of hydrogen-bond donors (Lipinski definition) is 3. The molecule has 1 heterocycles. The molecule has 1 aromatic rings. The third kappa shape index (κ3) is 4.37. The molecule has 88 valence electrons. The van der Waals surface area contributed by atoms with Crippen molar-refractivity contribution in [3.05, 3.63) is 16.1 Å². The van der Waals surface area contributed by atoms with Crippen LogP contribution in [-0.2, 0) is 22.6 Å². The maximum Gasteiger partial charge on any atom is 0.305 e. The van der Waals surface area contributed by atoms with E-state index in [9.17, 15) is 9.59 Å². The Bertz CT molecular complexity index is 378. The summed E-state index contributed by atoms with van der Waals surface area (Å²) in [4.78, 5) is 25.7. The van der Waals surface area contributed by atoms with Crippen molar-refractivity contribution in [2.45, 2.75) is 19.4 Å². The van der Waals surface area contributed by atoms with E-state index in [1.54, 1.807) is 5.38 Å². The summed E-state index contributed by atoms with van der Waals surface area (Å²) in [5.41, 5.74) is 6.05. The van der Waals surface area contributed by atoms with E-state index in [0.717, 1.165) is 5.01 Å². The number of thiazole rings is 1. The topological polar surface area (TPSA) is 105 Å². The molecule has 7 heteroatoms. The zero-order chi connectivity index (χ0) is 12.0. The van der Waals surface area contributed by atoms with E-state index in [2.05, 4.69) is 10.3 Å². The molecule has 1 rings (SSSR count). The maximum absolute atomic E-state index is 11.3. The maximum atomic E-state index is 11.3. The van der Waals surface area contributed by atoms with Crippen molar-refractivity contribution in [1.82, 2.24) is 10.3 Å². The molecule has 0 aliphatic heterocycles. The van der Waals surface area contributed by atoms with E-state index in [-0.39, 0.29) is 25.3 Å². The zero-order valence-corrected chi connectivity index (χ0v) is 9.42. The second-order valence-electron chi connectivity index (χ2n) is 3.11. The second-order valence-corrected chi connectivity index (χ2v) is 4.05. The number of aromatic nitrogens is 1. The lowest BCUT2D eigenvalue weighted by Gasteiger charge is -2.00. The average Bonchev–Trinajstić information content (AvgIpc) is 2.65. The number of amides is 1. The van der Waals surface area contributed by atoms with Gasteiger partial charge in [0.1, 0.15) is 5.01 Å². The minimum atomic E-state index is -0.931. The van der Waals surface area contributed by atoms with Crippen LogP contribution in [0.25, 0.3) is 0 Å². The molecule has 6 nitrogen and oxygen atoms in total.